The van der Waals surface area contributed by atoms with Gasteiger partial charge in [-0.2, -0.15) is 0 Å². The van der Waals surface area contributed by atoms with Crippen LogP contribution in [0.4, 0.5) is 5.69 Å². The van der Waals surface area contributed by atoms with E-state index in [4.69, 9.17) is 33.7 Å². The van der Waals surface area contributed by atoms with Gasteiger partial charge in [-0.1, -0.05) is 29.3 Å². The Hall–Kier alpha value is -1.82. The molecule has 0 saturated carbocycles. The Labute approximate surface area is 131 Å². The molecular formula is C14H12Cl2N2O3. The van der Waals surface area contributed by atoms with Crippen LogP contribution < -0.4 is 10.5 Å². The van der Waals surface area contributed by atoms with Gasteiger partial charge < -0.3 is 10.5 Å². The van der Waals surface area contributed by atoms with Crippen molar-refractivity contribution in [3.05, 3.63) is 62.1 Å². The maximum atomic E-state index is 11.0. The smallest absolute Gasteiger partial charge is 0.313 e. The molecule has 0 fully saturated rings. The second kappa shape index (κ2) is 6.30. The predicted octanol–water partition coefficient (Wildman–Crippen LogP) is 4.71. The van der Waals surface area contributed by atoms with Gasteiger partial charge in [0.1, 0.15) is 5.75 Å². The van der Waals surface area contributed by atoms with Gasteiger partial charge in [0, 0.05) is 17.1 Å². The number of hydrogen-bond acceptors (Lipinski definition) is 4. The van der Waals surface area contributed by atoms with Crippen LogP contribution in [-0.4, -0.2) is 4.92 Å². The van der Waals surface area contributed by atoms with Crippen molar-refractivity contribution >= 4 is 28.9 Å². The number of ether oxygens (including phenoxy) is 1. The highest BCUT2D eigenvalue weighted by molar-refractivity contribution is 6.32. The molecule has 0 spiro atoms. The molecule has 5 nitrogen and oxygen atoms in total. The summed E-state index contributed by atoms with van der Waals surface area (Å²) < 4.78 is 5.52. The molecule has 2 aromatic carbocycles. The van der Waals surface area contributed by atoms with Gasteiger partial charge in [0.15, 0.2) is 0 Å². The average molecular weight is 327 g/mol. The van der Waals surface area contributed by atoms with Crippen molar-refractivity contribution < 1.29 is 9.66 Å². The number of nitro benzene ring substituents is 1. The lowest BCUT2D eigenvalue weighted by Crippen LogP contribution is -2.04. The molecule has 1 atom stereocenters. The summed E-state index contributed by atoms with van der Waals surface area (Å²) in [5, 5.41) is 11.6. The molecule has 0 saturated heterocycles. The maximum absolute atomic E-state index is 11.0. The van der Waals surface area contributed by atoms with E-state index in [-0.39, 0.29) is 22.5 Å². The van der Waals surface area contributed by atoms with Crippen LogP contribution in [0.5, 0.6) is 11.5 Å². The normalized spacial score (nSPS) is 12.0. The summed E-state index contributed by atoms with van der Waals surface area (Å²) in [6, 6.07) is 9.04. The van der Waals surface area contributed by atoms with E-state index in [1.54, 1.807) is 18.2 Å². The van der Waals surface area contributed by atoms with Crippen LogP contribution in [0.2, 0.25) is 10.0 Å². The van der Waals surface area contributed by atoms with Crippen molar-refractivity contribution in [1.82, 2.24) is 0 Å². The minimum absolute atomic E-state index is 0.0693. The van der Waals surface area contributed by atoms with Gasteiger partial charge in [-0.15, -0.1) is 0 Å². The summed E-state index contributed by atoms with van der Waals surface area (Å²) in [6.45, 7) is 1.83. The molecule has 0 aliphatic carbocycles. The van der Waals surface area contributed by atoms with Crippen molar-refractivity contribution in [2.45, 2.75) is 13.0 Å². The second-order valence-corrected chi connectivity index (χ2v) is 5.29. The van der Waals surface area contributed by atoms with E-state index in [0.29, 0.717) is 10.8 Å². The monoisotopic (exact) mass is 326 g/mol. The lowest BCUT2D eigenvalue weighted by molar-refractivity contribution is -0.385. The SMILES string of the molecule is CC(N)c1ccc(Oc2ccc(Cl)cc2[N+](=O)[O-])c(Cl)c1. The van der Waals surface area contributed by atoms with E-state index < -0.39 is 4.92 Å². The van der Waals surface area contributed by atoms with Crippen molar-refractivity contribution in [3.8, 4) is 11.5 Å². The zero-order chi connectivity index (χ0) is 15.6. The highest BCUT2D eigenvalue weighted by atomic mass is 35.5. The third-order valence-electron chi connectivity index (χ3n) is 2.82. The number of hydrogen-bond donors (Lipinski definition) is 1. The quantitative estimate of drug-likeness (QED) is 0.651. The Kier molecular flexibility index (Phi) is 4.67. The van der Waals surface area contributed by atoms with Crippen molar-refractivity contribution in [1.29, 1.82) is 0 Å². The molecule has 21 heavy (non-hydrogen) atoms. The van der Waals surface area contributed by atoms with Gasteiger partial charge in [0.25, 0.3) is 0 Å². The van der Waals surface area contributed by atoms with E-state index in [1.165, 1.54) is 18.2 Å². The van der Waals surface area contributed by atoms with Gasteiger partial charge in [-0.05, 0) is 36.8 Å². The molecule has 0 amide bonds. The van der Waals surface area contributed by atoms with Crippen LogP contribution in [0, 0.1) is 10.1 Å². The standard InChI is InChI=1S/C14H12Cl2N2O3/c1-8(17)9-2-4-13(11(16)6-9)21-14-5-3-10(15)7-12(14)18(19)20/h2-8H,17H2,1H3. The van der Waals surface area contributed by atoms with Gasteiger partial charge in [-0.3, -0.25) is 10.1 Å². The Morgan fingerprint density at radius 1 is 1.19 bits per heavy atom. The first-order valence-electron chi connectivity index (χ1n) is 6.05. The van der Waals surface area contributed by atoms with Crippen LogP contribution >= 0.6 is 23.2 Å². The van der Waals surface area contributed by atoms with Crippen molar-refractivity contribution in [2.24, 2.45) is 5.73 Å². The highest BCUT2D eigenvalue weighted by Crippen LogP contribution is 2.37. The van der Waals surface area contributed by atoms with Crippen LogP contribution in [0.25, 0.3) is 0 Å². The summed E-state index contributed by atoms with van der Waals surface area (Å²) in [6.07, 6.45) is 0. The maximum Gasteiger partial charge on any atom is 0.313 e. The summed E-state index contributed by atoms with van der Waals surface area (Å²) in [5.41, 5.74) is 6.38. The molecule has 0 heterocycles. The summed E-state index contributed by atoms with van der Waals surface area (Å²) in [7, 11) is 0. The second-order valence-electron chi connectivity index (χ2n) is 4.45. The molecule has 0 bridgehead atoms. The molecule has 2 N–H and O–H groups in total. The molecule has 1 unspecified atom stereocenters. The first-order chi connectivity index (χ1) is 9.88. The summed E-state index contributed by atoms with van der Waals surface area (Å²) in [4.78, 5) is 10.4. The molecule has 2 aromatic rings. The van der Waals surface area contributed by atoms with Crippen molar-refractivity contribution in [2.75, 3.05) is 0 Å². The third kappa shape index (κ3) is 3.64. The fourth-order valence-electron chi connectivity index (χ4n) is 1.72. The highest BCUT2D eigenvalue weighted by Gasteiger charge is 2.17. The third-order valence-corrected chi connectivity index (χ3v) is 3.35. The summed E-state index contributed by atoms with van der Waals surface area (Å²) >= 11 is 11.9. The van der Waals surface area contributed by atoms with E-state index in [2.05, 4.69) is 0 Å². The Balaban J connectivity index is 2.37. The lowest BCUT2D eigenvalue weighted by Gasteiger charge is -2.11. The molecule has 2 rings (SSSR count). The molecule has 7 heteroatoms. The van der Waals surface area contributed by atoms with Crippen LogP contribution in [-0.2, 0) is 0 Å². The topological polar surface area (TPSA) is 78.4 Å². The molecule has 0 aliphatic rings. The number of nitrogens with two attached hydrogens (primary N) is 1. The molecule has 0 radical (unpaired) electrons. The number of nitrogens with zero attached hydrogens (tertiary/aromatic N) is 1. The van der Waals surface area contributed by atoms with Gasteiger partial charge in [0.2, 0.25) is 5.75 Å². The molecular weight excluding hydrogens is 315 g/mol. The van der Waals surface area contributed by atoms with E-state index in [0.717, 1.165) is 5.56 Å². The fraction of sp³-hybridized carbons (Fsp3) is 0.143. The van der Waals surface area contributed by atoms with Crippen molar-refractivity contribution in [3.63, 3.8) is 0 Å². The number of rotatable bonds is 4. The average Bonchev–Trinajstić information content (AvgIpc) is 2.42. The van der Waals surface area contributed by atoms with Crippen LogP contribution in [0.15, 0.2) is 36.4 Å². The minimum atomic E-state index is -0.564. The molecule has 0 aromatic heterocycles. The fourth-order valence-corrected chi connectivity index (χ4v) is 2.11. The first kappa shape index (κ1) is 15.6. The zero-order valence-electron chi connectivity index (χ0n) is 11.0. The van der Waals surface area contributed by atoms with Gasteiger partial charge in [-0.25, -0.2) is 0 Å². The number of nitro groups is 1. The van der Waals surface area contributed by atoms with Crippen LogP contribution in [0.1, 0.15) is 18.5 Å². The minimum Gasteiger partial charge on any atom is -0.449 e. The van der Waals surface area contributed by atoms with E-state index in [9.17, 15) is 10.1 Å². The Morgan fingerprint density at radius 3 is 2.43 bits per heavy atom. The Bertz CT molecular complexity index is 690. The summed E-state index contributed by atoms with van der Waals surface area (Å²) in [5.74, 6) is 0.381. The zero-order valence-corrected chi connectivity index (χ0v) is 12.6. The van der Waals surface area contributed by atoms with E-state index >= 15 is 0 Å². The van der Waals surface area contributed by atoms with Crippen LogP contribution in [0.3, 0.4) is 0 Å². The molecule has 0 aliphatic heterocycles. The van der Waals surface area contributed by atoms with Gasteiger partial charge in [0.05, 0.1) is 9.95 Å². The molecule has 110 valence electrons. The Morgan fingerprint density at radius 2 is 1.86 bits per heavy atom. The number of benzene rings is 2. The van der Waals surface area contributed by atoms with E-state index in [1.807, 2.05) is 6.92 Å². The predicted molar refractivity (Wildman–Crippen MR) is 82.2 cm³/mol. The lowest BCUT2D eigenvalue weighted by atomic mass is 10.1. The number of halogens is 2. The largest absolute Gasteiger partial charge is 0.449 e. The first-order valence-corrected chi connectivity index (χ1v) is 6.81. The van der Waals surface area contributed by atoms with Gasteiger partial charge >= 0.3 is 5.69 Å².